The molecule has 0 unspecified atom stereocenters. The Morgan fingerprint density at radius 3 is 2.18 bits per heavy atom. The van der Waals surface area contributed by atoms with Gasteiger partial charge in [0.15, 0.2) is 6.29 Å². The van der Waals surface area contributed by atoms with Crippen LogP contribution in [0.25, 0.3) is 0 Å². The molecule has 0 spiro atoms. The summed E-state index contributed by atoms with van der Waals surface area (Å²) in [5, 5.41) is 9.20. The van der Waals surface area contributed by atoms with Gasteiger partial charge in [0, 0.05) is 19.6 Å². The maximum Gasteiger partial charge on any atom is 0.159 e. The first-order valence-electron chi connectivity index (χ1n) is 5.99. The van der Waals surface area contributed by atoms with E-state index < -0.39 is 0 Å². The predicted octanol–water partition coefficient (Wildman–Crippen LogP) is 3.08. The Kier molecular flexibility index (Phi) is 6.31. The smallest absolute Gasteiger partial charge is 0.159 e. The van der Waals surface area contributed by atoms with Crippen LogP contribution in [0.5, 0.6) is 0 Å². The summed E-state index contributed by atoms with van der Waals surface area (Å²) in [5.74, 6) is -0.181. The van der Waals surface area contributed by atoms with E-state index >= 15 is 0 Å². The topological polar surface area (TPSA) is 42.2 Å². The number of nitrogens with zero attached hydrogens (tertiary/aromatic N) is 1. The molecule has 0 heterocycles. The molecule has 0 aromatic heterocycles. The lowest BCUT2D eigenvalue weighted by Gasteiger charge is -2.19. The molecule has 0 radical (unpaired) electrons. The number of nitriles is 1. The summed E-state index contributed by atoms with van der Waals surface area (Å²) >= 11 is 0. The molecule has 0 bridgehead atoms. The Balaban J connectivity index is 2.65. The van der Waals surface area contributed by atoms with E-state index in [9.17, 15) is 5.26 Å². The first kappa shape index (κ1) is 13.7. The van der Waals surface area contributed by atoms with Crippen molar-refractivity contribution in [3.63, 3.8) is 0 Å². The van der Waals surface area contributed by atoms with Crippen molar-refractivity contribution in [2.45, 2.75) is 32.5 Å². The van der Waals surface area contributed by atoms with Crippen LogP contribution in [0.3, 0.4) is 0 Å². The first-order valence-corrected chi connectivity index (χ1v) is 5.99. The van der Waals surface area contributed by atoms with Crippen LogP contribution in [-0.2, 0) is 9.47 Å². The third-order valence-electron chi connectivity index (χ3n) is 2.49. The Bertz CT molecular complexity index is 339. The number of benzene rings is 1. The number of hydrogen-bond acceptors (Lipinski definition) is 3. The van der Waals surface area contributed by atoms with Crippen molar-refractivity contribution in [1.82, 2.24) is 0 Å². The van der Waals surface area contributed by atoms with E-state index in [1.165, 1.54) is 0 Å². The minimum absolute atomic E-state index is 0.181. The molecular formula is C14H19NO2. The summed E-state index contributed by atoms with van der Waals surface area (Å²) in [6.07, 6.45) is 0.275. The minimum atomic E-state index is -0.296. The van der Waals surface area contributed by atoms with E-state index in [1.54, 1.807) is 0 Å². The molecule has 0 aliphatic rings. The van der Waals surface area contributed by atoms with E-state index in [2.05, 4.69) is 6.07 Å². The lowest BCUT2D eigenvalue weighted by Crippen LogP contribution is -2.20. The Morgan fingerprint density at radius 1 is 1.12 bits per heavy atom. The highest BCUT2D eigenvalue weighted by molar-refractivity contribution is 5.24. The average Bonchev–Trinajstić information content (AvgIpc) is 2.37. The van der Waals surface area contributed by atoms with Crippen molar-refractivity contribution in [2.75, 3.05) is 13.2 Å². The monoisotopic (exact) mass is 233 g/mol. The van der Waals surface area contributed by atoms with E-state index in [1.807, 2.05) is 44.2 Å². The van der Waals surface area contributed by atoms with Crippen molar-refractivity contribution in [1.29, 1.82) is 5.26 Å². The van der Waals surface area contributed by atoms with Gasteiger partial charge in [0.25, 0.3) is 0 Å². The quantitative estimate of drug-likeness (QED) is 0.680. The van der Waals surface area contributed by atoms with Gasteiger partial charge in [-0.25, -0.2) is 0 Å². The van der Waals surface area contributed by atoms with Crippen molar-refractivity contribution in [3.05, 3.63) is 35.9 Å². The maximum absolute atomic E-state index is 9.20. The molecule has 0 saturated carbocycles. The summed E-state index contributed by atoms with van der Waals surface area (Å²) in [6, 6.07) is 12.1. The molecule has 1 rings (SSSR count). The van der Waals surface area contributed by atoms with Crippen molar-refractivity contribution < 1.29 is 9.47 Å². The highest BCUT2D eigenvalue weighted by atomic mass is 16.7. The standard InChI is InChI=1S/C14H19NO2/c1-3-16-14(17-4-2)10-13(11-15)12-8-6-5-7-9-12/h5-9,13-14H,3-4,10H2,1-2H3/t13-/m1/s1. The van der Waals surface area contributed by atoms with Crippen LogP contribution in [-0.4, -0.2) is 19.5 Å². The van der Waals surface area contributed by atoms with Crippen molar-refractivity contribution in [3.8, 4) is 6.07 Å². The van der Waals surface area contributed by atoms with Gasteiger partial charge in [-0.2, -0.15) is 5.26 Å². The molecule has 0 saturated heterocycles. The summed E-state index contributed by atoms with van der Waals surface area (Å²) < 4.78 is 10.9. The van der Waals surface area contributed by atoms with Gasteiger partial charge in [0.05, 0.1) is 12.0 Å². The summed E-state index contributed by atoms with van der Waals surface area (Å²) in [6.45, 7) is 5.04. The van der Waals surface area contributed by atoms with Crippen LogP contribution in [0.2, 0.25) is 0 Å². The van der Waals surface area contributed by atoms with Crippen LogP contribution in [0, 0.1) is 11.3 Å². The van der Waals surface area contributed by atoms with Gasteiger partial charge in [-0.1, -0.05) is 30.3 Å². The van der Waals surface area contributed by atoms with Crippen LogP contribution < -0.4 is 0 Å². The molecule has 1 atom stereocenters. The van der Waals surface area contributed by atoms with Gasteiger partial charge >= 0.3 is 0 Å². The van der Waals surface area contributed by atoms with Gasteiger partial charge in [-0.05, 0) is 19.4 Å². The second-order valence-electron chi connectivity index (χ2n) is 3.67. The van der Waals surface area contributed by atoms with Gasteiger partial charge in [0.1, 0.15) is 0 Å². The molecule has 1 aromatic rings. The van der Waals surface area contributed by atoms with Gasteiger partial charge in [0.2, 0.25) is 0 Å². The Hall–Kier alpha value is -1.37. The second-order valence-corrected chi connectivity index (χ2v) is 3.67. The van der Waals surface area contributed by atoms with Crippen LogP contribution >= 0.6 is 0 Å². The van der Waals surface area contributed by atoms with E-state index in [4.69, 9.17) is 9.47 Å². The molecule has 1 aromatic carbocycles. The highest BCUT2D eigenvalue weighted by Gasteiger charge is 2.18. The summed E-state index contributed by atoms with van der Waals surface area (Å²) in [5.41, 5.74) is 1.01. The largest absolute Gasteiger partial charge is 0.353 e. The molecular weight excluding hydrogens is 214 g/mol. The zero-order chi connectivity index (χ0) is 12.5. The lowest BCUT2D eigenvalue weighted by atomic mass is 9.97. The highest BCUT2D eigenvalue weighted by Crippen LogP contribution is 2.22. The third-order valence-corrected chi connectivity index (χ3v) is 2.49. The van der Waals surface area contributed by atoms with Crippen molar-refractivity contribution in [2.24, 2.45) is 0 Å². The zero-order valence-electron chi connectivity index (χ0n) is 10.4. The average molecular weight is 233 g/mol. The number of ether oxygens (including phenoxy) is 2. The van der Waals surface area contributed by atoms with Crippen LogP contribution in [0.15, 0.2) is 30.3 Å². The third kappa shape index (κ3) is 4.56. The lowest BCUT2D eigenvalue weighted by molar-refractivity contribution is -0.140. The number of hydrogen-bond donors (Lipinski definition) is 0. The molecule has 17 heavy (non-hydrogen) atoms. The fourth-order valence-electron chi connectivity index (χ4n) is 1.70. The zero-order valence-corrected chi connectivity index (χ0v) is 10.4. The molecule has 0 amide bonds. The molecule has 3 nitrogen and oxygen atoms in total. The van der Waals surface area contributed by atoms with E-state index in [0.29, 0.717) is 19.6 Å². The Labute approximate surface area is 103 Å². The van der Waals surface area contributed by atoms with Gasteiger partial charge in [-0.15, -0.1) is 0 Å². The van der Waals surface area contributed by atoms with E-state index in [-0.39, 0.29) is 12.2 Å². The molecule has 0 aliphatic heterocycles. The van der Waals surface area contributed by atoms with E-state index in [0.717, 1.165) is 5.56 Å². The molecule has 92 valence electrons. The maximum atomic E-state index is 9.20. The SMILES string of the molecule is CCOC(C[C@H](C#N)c1ccccc1)OCC. The fourth-order valence-corrected chi connectivity index (χ4v) is 1.70. The normalized spacial score (nSPS) is 12.4. The summed E-state index contributed by atoms with van der Waals surface area (Å²) in [7, 11) is 0. The molecule has 0 aliphatic carbocycles. The molecule has 0 N–H and O–H groups in total. The predicted molar refractivity (Wildman–Crippen MR) is 66.5 cm³/mol. The van der Waals surface area contributed by atoms with Crippen LogP contribution in [0.4, 0.5) is 0 Å². The first-order chi connectivity index (χ1) is 8.31. The molecule has 0 fully saturated rings. The number of rotatable bonds is 7. The molecule has 3 heteroatoms. The summed E-state index contributed by atoms with van der Waals surface area (Å²) in [4.78, 5) is 0. The van der Waals surface area contributed by atoms with Gasteiger partial charge in [-0.3, -0.25) is 0 Å². The van der Waals surface area contributed by atoms with Crippen LogP contribution in [0.1, 0.15) is 31.7 Å². The second kappa shape index (κ2) is 7.83. The van der Waals surface area contributed by atoms with Gasteiger partial charge < -0.3 is 9.47 Å². The minimum Gasteiger partial charge on any atom is -0.353 e. The van der Waals surface area contributed by atoms with Crippen molar-refractivity contribution >= 4 is 0 Å². The fraction of sp³-hybridized carbons (Fsp3) is 0.500. The Morgan fingerprint density at radius 2 is 1.71 bits per heavy atom.